The number of fused-ring (bicyclic) bond motifs is 1. The van der Waals surface area contributed by atoms with E-state index in [0.29, 0.717) is 17.9 Å². The normalized spacial score (nSPS) is 32.9. The topological polar surface area (TPSA) is 29.5 Å². The monoisotopic (exact) mass is 416 g/mol. The molecule has 1 N–H and O–H groups in total. The summed E-state index contributed by atoms with van der Waals surface area (Å²) in [6.07, 6.45) is 15.4. The van der Waals surface area contributed by atoms with Crippen LogP contribution in [0.5, 0.6) is 5.75 Å². The highest BCUT2D eigenvalue weighted by Gasteiger charge is 2.35. The van der Waals surface area contributed by atoms with E-state index in [1.165, 1.54) is 63.9 Å². The summed E-state index contributed by atoms with van der Waals surface area (Å²) < 4.78 is 20.9. The summed E-state index contributed by atoms with van der Waals surface area (Å²) in [6.45, 7) is 4.36. The van der Waals surface area contributed by atoms with Crippen molar-refractivity contribution in [1.29, 1.82) is 0 Å². The number of hydrogen-bond donors (Lipinski definition) is 1. The van der Waals surface area contributed by atoms with Gasteiger partial charge in [-0.15, -0.1) is 0 Å². The van der Waals surface area contributed by atoms with Crippen molar-refractivity contribution < 1.29 is 14.2 Å². The fourth-order valence-corrected chi connectivity index (χ4v) is 6.52. The Labute approximate surface area is 182 Å². The van der Waals surface area contributed by atoms with Gasteiger partial charge in [-0.3, -0.25) is 0 Å². The highest BCUT2D eigenvalue weighted by Crippen LogP contribution is 2.44. The number of hydrogen-bond acceptors (Lipinski definition) is 2. The molecule has 4 rings (SSSR count). The van der Waals surface area contributed by atoms with Gasteiger partial charge in [0, 0.05) is 11.6 Å². The van der Waals surface area contributed by atoms with Gasteiger partial charge in [0.05, 0.1) is 6.10 Å². The first-order valence-corrected chi connectivity index (χ1v) is 12.8. The Morgan fingerprint density at radius 1 is 0.933 bits per heavy atom. The molecule has 0 saturated heterocycles. The van der Waals surface area contributed by atoms with Crippen molar-refractivity contribution in [2.75, 3.05) is 0 Å². The van der Waals surface area contributed by atoms with Gasteiger partial charge in [0.15, 0.2) is 0 Å². The summed E-state index contributed by atoms with van der Waals surface area (Å²) in [5.74, 6) is 3.89. The zero-order chi connectivity index (χ0) is 21.1. The predicted molar refractivity (Wildman–Crippen MR) is 120 cm³/mol. The number of aliphatic hydroxyl groups is 1. The first kappa shape index (κ1) is 22.1. The van der Waals surface area contributed by atoms with Gasteiger partial charge < -0.3 is 9.84 Å². The fraction of sp³-hybridized carbons (Fsp3) is 0.778. The molecular formula is C27H41FO2. The third-order valence-electron chi connectivity index (χ3n) is 8.56. The molecule has 1 aliphatic heterocycles. The Morgan fingerprint density at radius 2 is 1.57 bits per heavy atom. The van der Waals surface area contributed by atoms with E-state index < -0.39 is 6.10 Å². The molecule has 168 valence electrons. The van der Waals surface area contributed by atoms with Crippen LogP contribution in [0.2, 0.25) is 0 Å². The maximum absolute atomic E-state index is 14.6. The number of ether oxygens (including phenoxy) is 1. The summed E-state index contributed by atoms with van der Waals surface area (Å²) in [6, 6.07) is 3.39. The molecule has 2 atom stereocenters. The van der Waals surface area contributed by atoms with Gasteiger partial charge in [-0.05, 0) is 93.1 Å². The molecule has 3 aliphatic rings. The second-order valence-electron chi connectivity index (χ2n) is 10.3. The molecule has 2 unspecified atom stereocenters. The number of rotatable bonds is 6. The minimum Gasteiger partial charge on any atom is -0.490 e. The summed E-state index contributed by atoms with van der Waals surface area (Å²) in [7, 11) is 0. The second-order valence-corrected chi connectivity index (χ2v) is 10.3. The zero-order valence-electron chi connectivity index (χ0n) is 19.0. The van der Waals surface area contributed by atoms with E-state index in [-0.39, 0.29) is 11.9 Å². The summed E-state index contributed by atoms with van der Waals surface area (Å²) in [5, 5.41) is 10.2. The highest BCUT2D eigenvalue weighted by atomic mass is 19.1. The molecule has 0 spiro atoms. The van der Waals surface area contributed by atoms with E-state index in [1.807, 2.05) is 13.0 Å². The van der Waals surface area contributed by atoms with E-state index in [4.69, 9.17) is 4.74 Å². The Hall–Kier alpha value is -1.09. The van der Waals surface area contributed by atoms with Crippen LogP contribution in [0, 0.1) is 29.5 Å². The lowest BCUT2D eigenvalue weighted by Gasteiger charge is -2.40. The largest absolute Gasteiger partial charge is 0.490 e. The minimum absolute atomic E-state index is 0.236. The van der Waals surface area contributed by atoms with Crippen molar-refractivity contribution in [3.63, 3.8) is 0 Å². The maximum Gasteiger partial charge on any atom is 0.132 e. The number of aliphatic hydroxyl groups excluding tert-OH is 1. The number of halogens is 1. The van der Waals surface area contributed by atoms with Crippen molar-refractivity contribution >= 4 is 0 Å². The van der Waals surface area contributed by atoms with E-state index in [9.17, 15) is 9.50 Å². The zero-order valence-corrected chi connectivity index (χ0v) is 19.0. The molecule has 0 aromatic heterocycles. The Kier molecular flexibility index (Phi) is 7.39. The molecule has 0 radical (unpaired) electrons. The van der Waals surface area contributed by atoms with Crippen LogP contribution in [-0.4, -0.2) is 11.2 Å². The van der Waals surface area contributed by atoms with Crippen LogP contribution in [0.3, 0.4) is 0 Å². The molecule has 1 heterocycles. The third-order valence-corrected chi connectivity index (χ3v) is 8.56. The predicted octanol–water partition coefficient (Wildman–Crippen LogP) is 7.38. The van der Waals surface area contributed by atoms with Gasteiger partial charge in [-0.25, -0.2) is 4.39 Å². The quantitative estimate of drug-likeness (QED) is 0.524. The molecule has 1 aromatic rings. The maximum atomic E-state index is 14.6. The van der Waals surface area contributed by atoms with Crippen LogP contribution in [0.4, 0.5) is 4.39 Å². The lowest BCUT2D eigenvalue weighted by molar-refractivity contribution is 0.0596. The van der Waals surface area contributed by atoms with Crippen LogP contribution in [-0.2, 0) is 6.42 Å². The number of aryl methyl sites for hydroxylation is 1. The lowest BCUT2D eigenvalue weighted by atomic mass is 9.68. The van der Waals surface area contributed by atoms with Gasteiger partial charge in [-0.1, -0.05) is 39.5 Å². The van der Waals surface area contributed by atoms with Crippen molar-refractivity contribution in [3.05, 3.63) is 29.1 Å². The van der Waals surface area contributed by atoms with Gasteiger partial charge in [0.2, 0.25) is 0 Å². The molecule has 2 nitrogen and oxygen atoms in total. The van der Waals surface area contributed by atoms with Crippen LogP contribution < -0.4 is 4.74 Å². The third kappa shape index (κ3) is 4.87. The molecule has 1 aromatic carbocycles. The average Bonchev–Trinajstić information content (AvgIpc) is 2.78. The first-order chi connectivity index (χ1) is 14.6. The summed E-state index contributed by atoms with van der Waals surface area (Å²) in [5.41, 5.74) is 1.51. The summed E-state index contributed by atoms with van der Waals surface area (Å²) in [4.78, 5) is 0. The van der Waals surface area contributed by atoms with Crippen LogP contribution in [0.1, 0.15) is 108 Å². The molecule has 0 amide bonds. The molecule has 0 bridgehead atoms. The van der Waals surface area contributed by atoms with Crippen molar-refractivity contribution in [3.8, 4) is 5.75 Å². The minimum atomic E-state index is -0.708. The molecule has 3 heteroatoms. The average molecular weight is 417 g/mol. The molecule has 2 saturated carbocycles. The highest BCUT2D eigenvalue weighted by molar-refractivity contribution is 5.40. The van der Waals surface area contributed by atoms with Crippen LogP contribution in [0.25, 0.3) is 0 Å². The van der Waals surface area contributed by atoms with E-state index >= 15 is 0 Å². The van der Waals surface area contributed by atoms with Crippen molar-refractivity contribution in [1.82, 2.24) is 0 Å². The van der Waals surface area contributed by atoms with Crippen LogP contribution in [0.15, 0.2) is 12.1 Å². The van der Waals surface area contributed by atoms with E-state index in [0.717, 1.165) is 48.3 Å². The van der Waals surface area contributed by atoms with Crippen LogP contribution >= 0.6 is 0 Å². The summed E-state index contributed by atoms with van der Waals surface area (Å²) >= 11 is 0. The fourth-order valence-electron chi connectivity index (χ4n) is 6.52. The number of benzene rings is 1. The Morgan fingerprint density at radius 3 is 2.20 bits per heavy atom. The van der Waals surface area contributed by atoms with Crippen molar-refractivity contribution in [2.45, 2.75) is 110 Å². The van der Waals surface area contributed by atoms with Crippen molar-refractivity contribution in [2.24, 2.45) is 23.7 Å². The van der Waals surface area contributed by atoms with Gasteiger partial charge in [0.25, 0.3) is 0 Å². The van der Waals surface area contributed by atoms with E-state index in [2.05, 4.69) is 6.92 Å². The smallest absolute Gasteiger partial charge is 0.132 e. The van der Waals surface area contributed by atoms with Gasteiger partial charge in [-0.2, -0.15) is 0 Å². The standard InChI is InChI=1S/C27H41FO2/c1-3-5-25(29)23-16-22-14-15-26(30-27(22)17-24(23)28)21-12-10-20(11-13-21)19-8-6-18(4-2)7-9-19/h16-21,25-26,29H,3-15H2,1-2H3. The molecule has 2 fully saturated rings. The Bertz CT molecular complexity index is 686. The SMILES string of the molecule is CCCC(O)c1cc2c(cc1F)OC(C1CCC(C3CCC(CC)CC3)CC1)CC2. The Balaban J connectivity index is 1.32. The molecule has 2 aliphatic carbocycles. The molecular weight excluding hydrogens is 375 g/mol. The molecule has 30 heavy (non-hydrogen) atoms. The van der Waals surface area contributed by atoms with E-state index in [1.54, 1.807) is 0 Å². The first-order valence-electron chi connectivity index (χ1n) is 12.8. The second kappa shape index (κ2) is 10.0. The lowest BCUT2D eigenvalue weighted by Crippen LogP contribution is -2.35. The van der Waals surface area contributed by atoms with Gasteiger partial charge >= 0.3 is 0 Å². The van der Waals surface area contributed by atoms with Gasteiger partial charge in [0.1, 0.15) is 17.7 Å².